The van der Waals surface area contributed by atoms with E-state index in [2.05, 4.69) is 15.9 Å². The van der Waals surface area contributed by atoms with E-state index in [-0.39, 0.29) is 23.0 Å². The number of carboxylic acids is 1. The molecule has 0 spiro atoms. The average Bonchev–Trinajstić information content (AvgIpc) is 2.31. The zero-order valence-electron chi connectivity index (χ0n) is 11.3. The standard InChI is InChI=1S/C12H16BrNO5S/c1-7(2)6-19-14-20(17,18)10-5-9(12(15)16)4-8(3)11(10)13/h4-5,7,14H,6H2,1-3H3,(H,15,16). The molecule has 0 aliphatic carbocycles. The molecule has 0 fully saturated rings. The van der Waals surface area contributed by atoms with Gasteiger partial charge in [0.2, 0.25) is 0 Å². The maximum atomic E-state index is 12.1. The summed E-state index contributed by atoms with van der Waals surface area (Å²) < 4.78 is 24.5. The molecule has 0 saturated heterocycles. The fraction of sp³-hybridized carbons (Fsp3) is 0.417. The first-order chi connectivity index (χ1) is 9.15. The molecule has 0 aliphatic heterocycles. The smallest absolute Gasteiger partial charge is 0.335 e. The summed E-state index contributed by atoms with van der Waals surface area (Å²) in [5, 5.41) is 8.98. The molecule has 1 aromatic carbocycles. The second kappa shape index (κ2) is 6.66. The Morgan fingerprint density at radius 3 is 2.55 bits per heavy atom. The molecule has 1 rings (SSSR count). The number of hydrogen-bond acceptors (Lipinski definition) is 4. The summed E-state index contributed by atoms with van der Waals surface area (Å²) >= 11 is 3.15. The quantitative estimate of drug-likeness (QED) is 0.754. The molecule has 0 unspecified atom stereocenters. The summed E-state index contributed by atoms with van der Waals surface area (Å²) in [7, 11) is -3.95. The minimum atomic E-state index is -3.95. The lowest BCUT2D eigenvalue weighted by Gasteiger charge is -2.12. The van der Waals surface area contributed by atoms with Crippen LogP contribution in [0.3, 0.4) is 0 Å². The van der Waals surface area contributed by atoms with Crippen molar-refractivity contribution in [3.05, 3.63) is 27.7 Å². The first-order valence-electron chi connectivity index (χ1n) is 5.82. The Kier molecular flexibility index (Phi) is 5.69. The summed E-state index contributed by atoms with van der Waals surface area (Å²) in [6.07, 6.45) is 0. The highest BCUT2D eigenvalue weighted by Crippen LogP contribution is 2.27. The van der Waals surface area contributed by atoms with Crippen molar-refractivity contribution in [2.24, 2.45) is 5.92 Å². The zero-order valence-corrected chi connectivity index (χ0v) is 13.7. The van der Waals surface area contributed by atoms with Gasteiger partial charge in [0.05, 0.1) is 17.1 Å². The summed E-state index contributed by atoms with van der Waals surface area (Å²) in [6.45, 7) is 5.58. The van der Waals surface area contributed by atoms with E-state index in [1.165, 1.54) is 6.07 Å². The molecule has 0 radical (unpaired) electrons. The SMILES string of the molecule is Cc1cc(C(=O)O)cc(S(=O)(=O)NOCC(C)C)c1Br. The fourth-order valence-corrected chi connectivity index (χ4v) is 3.24. The topological polar surface area (TPSA) is 92.7 Å². The van der Waals surface area contributed by atoms with E-state index in [4.69, 9.17) is 9.94 Å². The predicted molar refractivity (Wildman–Crippen MR) is 76.9 cm³/mol. The lowest BCUT2D eigenvalue weighted by molar-refractivity contribution is 0.0695. The van der Waals surface area contributed by atoms with Gasteiger partial charge in [-0.25, -0.2) is 13.2 Å². The Bertz CT molecular complexity index is 613. The van der Waals surface area contributed by atoms with Gasteiger partial charge in [0.15, 0.2) is 0 Å². The van der Waals surface area contributed by atoms with Crippen molar-refractivity contribution < 1.29 is 23.2 Å². The van der Waals surface area contributed by atoms with Gasteiger partial charge >= 0.3 is 5.97 Å². The van der Waals surface area contributed by atoms with Crippen molar-refractivity contribution in [2.45, 2.75) is 25.7 Å². The molecule has 8 heteroatoms. The number of aryl methyl sites for hydroxylation is 1. The van der Waals surface area contributed by atoms with Crippen LogP contribution in [0.5, 0.6) is 0 Å². The molecule has 0 bridgehead atoms. The number of nitrogens with one attached hydrogen (secondary N) is 1. The van der Waals surface area contributed by atoms with Crippen LogP contribution in [0.2, 0.25) is 0 Å². The molecule has 0 aromatic heterocycles. The molecular weight excluding hydrogens is 350 g/mol. The van der Waals surface area contributed by atoms with Crippen LogP contribution < -0.4 is 4.89 Å². The fourth-order valence-electron chi connectivity index (χ4n) is 1.38. The van der Waals surface area contributed by atoms with Crippen molar-refractivity contribution in [1.82, 2.24) is 4.89 Å². The minimum Gasteiger partial charge on any atom is -0.478 e. The zero-order chi connectivity index (χ0) is 15.5. The molecule has 6 nitrogen and oxygen atoms in total. The highest BCUT2D eigenvalue weighted by atomic mass is 79.9. The van der Waals surface area contributed by atoms with Gasteiger partial charge in [-0.2, -0.15) is 0 Å². The van der Waals surface area contributed by atoms with Crippen molar-refractivity contribution in [1.29, 1.82) is 0 Å². The Hall–Kier alpha value is -0.960. The predicted octanol–water partition coefficient (Wildman–Crippen LogP) is 2.32. The molecule has 20 heavy (non-hydrogen) atoms. The van der Waals surface area contributed by atoms with Gasteiger partial charge in [0, 0.05) is 4.47 Å². The van der Waals surface area contributed by atoms with E-state index in [9.17, 15) is 13.2 Å². The van der Waals surface area contributed by atoms with Crippen molar-refractivity contribution >= 4 is 31.9 Å². The van der Waals surface area contributed by atoms with Crippen LogP contribution in [0.1, 0.15) is 29.8 Å². The lowest BCUT2D eigenvalue weighted by Crippen LogP contribution is -2.26. The lowest BCUT2D eigenvalue weighted by atomic mass is 10.1. The number of sulfonamides is 1. The van der Waals surface area contributed by atoms with Crippen LogP contribution in [0.15, 0.2) is 21.5 Å². The second-order valence-corrected chi connectivity index (χ2v) is 7.11. The van der Waals surface area contributed by atoms with Crippen LogP contribution in [0, 0.1) is 12.8 Å². The Morgan fingerprint density at radius 2 is 2.05 bits per heavy atom. The molecule has 0 amide bonds. The van der Waals surface area contributed by atoms with Gasteiger partial charge in [0.1, 0.15) is 0 Å². The molecule has 0 atom stereocenters. The van der Waals surface area contributed by atoms with Gasteiger partial charge in [-0.05, 0) is 46.5 Å². The van der Waals surface area contributed by atoms with Crippen LogP contribution in [0.25, 0.3) is 0 Å². The van der Waals surface area contributed by atoms with E-state index >= 15 is 0 Å². The summed E-state index contributed by atoms with van der Waals surface area (Å²) in [5.74, 6) is -1.03. The second-order valence-electron chi connectivity index (χ2n) is 4.70. The van der Waals surface area contributed by atoms with E-state index < -0.39 is 16.0 Å². The number of carboxylic acid groups (broad SMARTS) is 1. The van der Waals surface area contributed by atoms with Gasteiger partial charge in [-0.1, -0.05) is 18.7 Å². The van der Waals surface area contributed by atoms with Gasteiger partial charge < -0.3 is 5.11 Å². The van der Waals surface area contributed by atoms with Gasteiger partial charge in [-0.3, -0.25) is 4.84 Å². The molecule has 1 aromatic rings. The van der Waals surface area contributed by atoms with E-state index in [0.29, 0.717) is 10.0 Å². The normalized spacial score (nSPS) is 11.8. The molecule has 0 heterocycles. The third kappa shape index (κ3) is 4.27. The third-order valence-corrected chi connectivity index (χ3v) is 4.90. The number of hydrogen-bond donors (Lipinski definition) is 2. The van der Waals surface area contributed by atoms with E-state index in [1.807, 2.05) is 18.7 Å². The Balaban J connectivity index is 3.14. The molecule has 0 aliphatic rings. The molecule has 0 saturated carbocycles. The van der Waals surface area contributed by atoms with Crippen LogP contribution in [-0.2, 0) is 14.9 Å². The monoisotopic (exact) mass is 365 g/mol. The van der Waals surface area contributed by atoms with Crippen LogP contribution in [0.4, 0.5) is 0 Å². The Labute approximate surface area is 126 Å². The number of rotatable bonds is 6. The highest BCUT2D eigenvalue weighted by molar-refractivity contribution is 9.10. The number of carbonyl (C=O) groups is 1. The van der Waals surface area contributed by atoms with Gasteiger partial charge in [-0.15, -0.1) is 0 Å². The third-order valence-electron chi connectivity index (χ3n) is 2.34. The maximum absolute atomic E-state index is 12.1. The average molecular weight is 366 g/mol. The molecular formula is C12H16BrNO5S. The Morgan fingerprint density at radius 1 is 1.45 bits per heavy atom. The van der Waals surface area contributed by atoms with Crippen molar-refractivity contribution in [2.75, 3.05) is 6.61 Å². The van der Waals surface area contributed by atoms with Crippen LogP contribution in [-0.4, -0.2) is 26.1 Å². The van der Waals surface area contributed by atoms with Crippen molar-refractivity contribution in [3.8, 4) is 0 Å². The number of aromatic carboxylic acids is 1. The summed E-state index contributed by atoms with van der Waals surface area (Å²) in [6, 6.07) is 2.47. The highest BCUT2D eigenvalue weighted by Gasteiger charge is 2.22. The number of halogens is 1. The van der Waals surface area contributed by atoms with E-state index in [0.717, 1.165) is 6.07 Å². The molecule has 2 N–H and O–H groups in total. The number of benzene rings is 1. The molecule has 112 valence electrons. The van der Waals surface area contributed by atoms with Crippen LogP contribution >= 0.6 is 15.9 Å². The van der Waals surface area contributed by atoms with Gasteiger partial charge in [0.25, 0.3) is 10.0 Å². The first kappa shape index (κ1) is 17.1. The summed E-state index contributed by atoms with van der Waals surface area (Å²) in [5.41, 5.74) is 0.407. The summed E-state index contributed by atoms with van der Waals surface area (Å²) in [4.78, 5) is 17.7. The van der Waals surface area contributed by atoms with Crippen molar-refractivity contribution in [3.63, 3.8) is 0 Å². The minimum absolute atomic E-state index is 0.102. The van der Waals surface area contributed by atoms with E-state index in [1.54, 1.807) is 6.92 Å². The maximum Gasteiger partial charge on any atom is 0.335 e. The largest absolute Gasteiger partial charge is 0.478 e. The first-order valence-corrected chi connectivity index (χ1v) is 8.09.